The highest BCUT2D eigenvalue weighted by molar-refractivity contribution is 14.1. The quantitative estimate of drug-likeness (QED) is 0.329. The minimum Gasteiger partial charge on any atom is -0.478 e. The number of benzene rings is 2. The Morgan fingerprint density at radius 3 is 2.14 bits per heavy atom. The topological polar surface area (TPSA) is 49.3 Å². The first-order chi connectivity index (χ1) is 10.2. The third-order valence-electron chi connectivity index (χ3n) is 2.67. The van der Waals surface area contributed by atoms with Crippen LogP contribution in [0.3, 0.4) is 0 Å². The van der Waals surface area contributed by atoms with Crippen LogP contribution >= 0.6 is 22.6 Å². The molecular weight excluding hydrogens is 424 g/mol. The van der Waals surface area contributed by atoms with E-state index in [2.05, 4.69) is 0 Å². The summed E-state index contributed by atoms with van der Waals surface area (Å²) >= 11 is 1.79. The maximum atomic E-state index is 13.7. The molecule has 0 aliphatic heterocycles. The van der Waals surface area contributed by atoms with Crippen molar-refractivity contribution in [1.29, 1.82) is 0 Å². The van der Waals surface area contributed by atoms with Crippen molar-refractivity contribution in [2.75, 3.05) is 5.32 Å². The number of carboxylic acids is 1. The van der Waals surface area contributed by atoms with E-state index in [4.69, 9.17) is 5.11 Å². The van der Waals surface area contributed by atoms with Crippen LogP contribution in [0.5, 0.6) is 0 Å². The minimum atomic E-state index is -2.26. The zero-order valence-electron chi connectivity index (χ0n) is 10.4. The fraction of sp³-hybridized carbons (Fsp3) is 0. The molecule has 0 amide bonds. The first-order valence-corrected chi connectivity index (χ1v) is 6.63. The van der Waals surface area contributed by atoms with Crippen LogP contribution < -0.4 is 5.32 Å². The largest absolute Gasteiger partial charge is 0.478 e. The van der Waals surface area contributed by atoms with Crippen LogP contribution in [0.2, 0.25) is 0 Å². The van der Waals surface area contributed by atoms with Crippen LogP contribution in [-0.4, -0.2) is 11.1 Å². The predicted molar refractivity (Wildman–Crippen MR) is 75.6 cm³/mol. The van der Waals surface area contributed by atoms with Crippen LogP contribution in [-0.2, 0) is 0 Å². The lowest BCUT2D eigenvalue weighted by atomic mass is 10.1. The summed E-state index contributed by atoms with van der Waals surface area (Å²) in [4.78, 5) is 11.0. The molecule has 0 atom stereocenters. The van der Waals surface area contributed by atoms with E-state index in [1.54, 1.807) is 22.6 Å². The summed E-state index contributed by atoms with van der Waals surface area (Å²) in [6, 6.07) is 3.53. The third kappa shape index (κ3) is 2.85. The molecule has 2 N–H and O–H groups in total. The number of carboxylic acid groups (broad SMARTS) is 1. The van der Waals surface area contributed by atoms with Crippen LogP contribution in [0, 0.1) is 32.7 Å². The van der Waals surface area contributed by atoms with Crippen molar-refractivity contribution < 1.29 is 31.9 Å². The van der Waals surface area contributed by atoms with E-state index in [0.29, 0.717) is 3.57 Å². The second-order valence-electron chi connectivity index (χ2n) is 4.06. The fourth-order valence-electron chi connectivity index (χ4n) is 1.68. The smallest absolute Gasteiger partial charge is 0.341 e. The summed E-state index contributed by atoms with van der Waals surface area (Å²) in [7, 11) is 0. The lowest BCUT2D eigenvalue weighted by Crippen LogP contribution is -2.13. The van der Waals surface area contributed by atoms with Crippen molar-refractivity contribution in [3.63, 3.8) is 0 Å². The molecule has 0 saturated heterocycles. The zero-order valence-corrected chi connectivity index (χ0v) is 12.5. The summed E-state index contributed by atoms with van der Waals surface area (Å²) in [5.41, 5.74) is -3.09. The average Bonchev–Trinajstić information content (AvgIpc) is 2.44. The van der Waals surface area contributed by atoms with Crippen LogP contribution in [0.15, 0.2) is 18.2 Å². The van der Waals surface area contributed by atoms with Gasteiger partial charge in [-0.05, 0) is 40.8 Å². The zero-order chi connectivity index (χ0) is 16.6. The number of anilines is 2. The van der Waals surface area contributed by atoms with Crippen LogP contribution in [0.25, 0.3) is 0 Å². The average molecular weight is 429 g/mol. The Morgan fingerprint density at radius 2 is 1.59 bits per heavy atom. The molecule has 0 spiro atoms. The molecule has 0 unspecified atom stereocenters. The van der Waals surface area contributed by atoms with E-state index in [1.807, 2.05) is 5.32 Å². The van der Waals surface area contributed by atoms with E-state index < -0.39 is 52.0 Å². The number of hydrogen-bond acceptors (Lipinski definition) is 2. The maximum Gasteiger partial charge on any atom is 0.341 e. The molecule has 2 aromatic carbocycles. The van der Waals surface area contributed by atoms with E-state index in [1.165, 1.54) is 6.07 Å². The predicted octanol–water partition coefficient (Wildman–Crippen LogP) is 4.43. The van der Waals surface area contributed by atoms with Gasteiger partial charge in [0.1, 0.15) is 11.4 Å². The van der Waals surface area contributed by atoms with E-state index in [0.717, 1.165) is 12.1 Å². The van der Waals surface area contributed by atoms with Crippen molar-refractivity contribution in [2.24, 2.45) is 0 Å². The minimum absolute atomic E-state index is 0.424. The molecular formula is C13H5F5INO2. The van der Waals surface area contributed by atoms with Gasteiger partial charge in [0.05, 0.1) is 11.4 Å². The molecule has 9 heteroatoms. The number of halogens is 6. The summed E-state index contributed by atoms with van der Waals surface area (Å²) in [5.74, 6) is -11.5. The van der Waals surface area contributed by atoms with Gasteiger partial charge in [0.25, 0.3) is 0 Å². The summed E-state index contributed by atoms with van der Waals surface area (Å²) < 4.78 is 67.8. The number of carbonyl (C=O) groups is 1. The molecule has 0 bridgehead atoms. The van der Waals surface area contributed by atoms with Crippen molar-refractivity contribution in [1.82, 2.24) is 0 Å². The van der Waals surface area contributed by atoms with Gasteiger partial charge in [-0.3, -0.25) is 0 Å². The monoisotopic (exact) mass is 429 g/mol. The molecule has 2 rings (SSSR count). The lowest BCUT2D eigenvalue weighted by molar-refractivity contribution is 0.0691. The fourth-order valence-corrected chi connectivity index (χ4v) is 2.13. The molecule has 2 aromatic rings. The first kappa shape index (κ1) is 16.5. The van der Waals surface area contributed by atoms with Gasteiger partial charge in [0.15, 0.2) is 23.3 Å². The maximum absolute atomic E-state index is 13.7. The molecule has 0 heterocycles. The number of hydrogen-bond donors (Lipinski definition) is 2. The molecule has 116 valence electrons. The Bertz CT molecular complexity index is 782. The summed E-state index contributed by atoms with van der Waals surface area (Å²) in [6.45, 7) is 0. The third-order valence-corrected chi connectivity index (χ3v) is 3.34. The Hall–Kier alpha value is -1.91. The first-order valence-electron chi connectivity index (χ1n) is 5.55. The second kappa shape index (κ2) is 6.07. The highest BCUT2D eigenvalue weighted by atomic mass is 127. The van der Waals surface area contributed by atoms with Gasteiger partial charge < -0.3 is 10.4 Å². The Kier molecular flexibility index (Phi) is 4.54. The highest BCUT2D eigenvalue weighted by Gasteiger charge is 2.29. The highest BCUT2D eigenvalue weighted by Crippen LogP contribution is 2.32. The Labute approximate surface area is 133 Å². The number of rotatable bonds is 3. The normalized spacial score (nSPS) is 10.6. The second-order valence-corrected chi connectivity index (χ2v) is 5.31. The Balaban J connectivity index is 2.66. The van der Waals surface area contributed by atoms with Gasteiger partial charge in [-0.25, -0.2) is 26.7 Å². The summed E-state index contributed by atoms with van der Waals surface area (Å²) in [5, 5.41) is 10.8. The number of aromatic carboxylic acids is 1. The standard InChI is InChI=1S/C13H5F5INO2/c14-5-3-4(19)1-2-6(5)20-12-7(13(21)22)8(15)9(16)10(17)11(12)18/h1-3,20H,(H,21,22). The van der Waals surface area contributed by atoms with Crippen molar-refractivity contribution in [3.05, 3.63) is 56.4 Å². The van der Waals surface area contributed by atoms with E-state index in [9.17, 15) is 26.7 Å². The lowest BCUT2D eigenvalue weighted by Gasteiger charge is -2.13. The molecule has 0 aliphatic rings. The molecule has 0 radical (unpaired) electrons. The van der Waals surface area contributed by atoms with Gasteiger partial charge in [0, 0.05) is 3.57 Å². The van der Waals surface area contributed by atoms with E-state index in [-0.39, 0.29) is 0 Å². The molecule has 0 aromatic heterocycles. The van der Waals surface area contributed by atoms with Crippen LogP contribution in [0.1, 0.15) is 10.4 Å². The van der Waals surface area contributed by atoms with Gasteiger partial charge in [0.2, 0.25) is 0 Å². The van der Waals surface area contributed by atoms with Gasteiger partial charge >= 0.3 is 5.97 Å². The van der Waals surface area contributed by atoms with Gasteiger partial charge in [-0.15, -0.1) is 0 Å². The van der Waals surface area contributed by atoms with Crippen molar-refractivity contribution >= 4 is 39.9 Å². The molecule has 0 aliphatic carbocycles. The Morgan fingerprint density at radius 1 is 1.00 bits per heavy atom. The van der Waals surface area contributed by atoms with Gasteiger partial charge in [-0.1, -0.05) is 0 Å². The molecule has 0 saturated carbocycles. The molecule has 3 nitrogen and oxygen atoms in total. The number of nitrogens with one attached hydrogen (secondary N) is 1. The molecule has 22 heavy (non-hydrogen) atoms. The summed E-state index contributed by atoms with van der Waals surface area (Å²) in [6.07, 6.45) is 0. The van der Waals surface area contributed by atoms with Crippen molar-refractivity contribution in [3.8, 4) is 0 Å². The molecule has 0 fully saturated rings. The van der Waals surface area contributed by atoms with E-state index >= 15 is 0 Å². The van der Waals surface area contributed by atoms with Crippen LogP contribution in [0.4, 0.5) is 33.3 Å². The SMILES string of the molecule is O=C(O)c1c(F)c(F)c(F)c(F)c1Nc1ccc(I)cc1F. The van der Waals surface area contributed by atoms with Crippen molar-refractivity contribution in [2.45, 2.75) is 0 Å². The van der Waals surface area contributed by atoms with Gasteiger partial charge in [-0.2, -0.15) is 0 Å².